The second-order valence-corrected chi connectivity index (χ2v) is 7.24. The number of carbonyl (C=O) groups excluding carboxylic acids is 1. The zero-order valence-electron chi connectivity index (χ0n) is 16.2. The van der Waals surface area contributed by atoms with Crippen molar-refractivity contribution in [2.75, 3.05) is 30.9 Å². The molecule has 11 heteroatoms. The summed E-state index contributed by atoms with van der Waals surface area (Å²) in [5, 5.41) is 24.8. The molecule has 1 saturated heterocycles. The lowest BCUT2D eigenvalue weighted by Crippen LogP contribution is -2.43. The summed E-state index contributed by atoms with van der Waals surface area (Å²) in [6.07, 6.45) is -1.30. The first-order valence-electron chi connectivity index (χ1n) is 9.04. The number of carbonyl (C=O) groups is 1. The van der Waals surface area contributed by atoms with E-state index in [4.69, 9.17) is 4.74 Å². The van der Waals surface area contributed by atoms with Gasteiger partial charge in [-0.2, -0.15) is 9.97 Å². The van der Waals surface area contributed by atoms with Crippen LogP contribution in [-0.2, 0) is 9.53 Å². The molecule has 28 heavy (non-hydrogen) atoms. The van der Waals surface area contributed by atoms with Crippen LogP contribution in [0.25, 0.3) is 11.2 Å². The molecule has 0 aliphatic carbocycles. The first-order valence-corrected chi connectivity index (χ1v) is 9.04. The van der Waals surface area contributed by atoms with Crippen LogP contribution < -0.4 is 10.6 Å². The number of fused-ring (bicyclic) bond motifs is 1. The van der Waals surface area contributed by atoms with Gasteiger partial charge in [-0.25, -0.2) is 9.37 Å². The van der Waals surface area contributed by atoms with E-state index < -0.39 is 37.1 Å². The minimum Gasteiger partial charge on any atom is -0.393 e. The number of ether oxygens (including phenoxy) is 1. The van der Waals surface area contributed by atoms with Gasteiger partial charge in [-0.05, 0) is 0 Å². The minimum absolute atomic E-state index is 0.0503. The van der Waals surface area contributed by atoms with Gasteiger partial charge in [0.2, 0.25) is 11.9 Å². The van der Waals surface area contributed by atoms with Crippen molar-refractivity contribution in [3.05, 3.63) is 6.33 Å². The number of anilines is 2. The number of imidazole rings is 1. The Morgan fingerprint density at radius 2 is 2.07 bits per heavy atom. The van der Waals surface area contributed by atoms with E-state index >= 15 is 4.39 Å². The van der Waals surface area contributed by atoms with Crippen molar-refractivity contribution < 1.29 is 24.1 Å². The van der Waals surface area contributed by atoms with Crippen molar-refractivity contribution in [3.63, 3.8) is 0 Å². The van der Waals surface area contributed by atoms with E-state index in [-0.39, 0.29) is 23.4 Å². The molecule has 2 aromatic heterocycles. The quantitative estimate of drug-likeness (QED) is 0.560. The molecule has 154 valence electrons. The second-order valence-electron chi connectivity index (χ2n) is 7.24. The van der Waals surface area contributed by atoms with Crippen LogP contribution in [0.2, 0.25) is 0 Å². The number of nitrogens with zero attached hydrogens (tertiary/aromatic N) is 4. The Hall–Kier alpha value is -2.37. The molecule has 1 aliphatic rings. The van der Waals surface area contributed by atoms with Crippen LogP contribution in [0.1, 0.15) is 27.0 Å². The van der Waals surface area contributed by atoms with Crippen LogP contribution in [0.4, 0.5) is 16.2 Å². The van der Waals surface area contributed by atoms with Crippen molar-refractivity contribution in [1.82, 2.24) is 19.5 Å². The maximum Gasteiger partial charge on any atom is 0.233 e. The summed E-state index contributed by atoms with van der Waals surface area (Å²) in [5.74, 6) is -0.878. The molecule has 0 spiro atoms. The topological polar surface area (TPSA) is 134 Å². The van der Waals surface area contributed by atoms with E-state index in [2.05, 4.69) is 25.6 Å². The number of hydrogen-bond acceptors (Lipinski definition) is 8. The van der Waals surface area contributed by atoms with Gasteiger partial charge in [-0.3, -0.25) is 14.7 Å². The van der Waals surface area contributed by atoms with Crippen molar-refractivity contribution in [3.8, 4) is 0 Å². The first kappa shape index (κ1) is 20.4. The summed E-state index contributed by atoms with van der Waals surface area (Å²) in [4.78, 5) is 24.8. The molecule has 3 atom stereocenters. The molecule has 3 heterocycles. The SMILES string of the molecule is CNc1nc(NC(=O)C(C)C)nc2c1ncn2[C@@H]1OC(CO)(CO)[C@@H](C)[C@@H]1F. The van der Waals surface area contributed by atoms with Crippen molar-refractivity contribution in [2.24, 2.45) is 11.8 Å². The lowest BCUT2D eigenvalue weighted by Gasteiger charge is -2.28. The molecular weight excluding hydrogens is 371 g/mol. The Morgan fingerprint density at radius 3 is 2.61 bits per heavy atom. The minimum atomic E-state index is -1.52. The number of alkyl halides is 1. The molecule has 1 amide bonds. The average molecular weight is 396 g/mol. The highest BCUT2D eigenvalue weighted by Gasteiger charge is 2.54. The van der Waals surface area contributed by atoms with Crippen LogP contribution in [0.15, 0.2) is 6.33 Å². The van der Waals surface area contributed by atoms with Gasteiger partial charge in [0, 0.05) is 18.9 Å². The maximum absolute atomic E-state index is 15.0. The maximum atomic E-state index is 15.0. The molecular formula is C17H25FN6O4. The van der Waals surface area contributed by atoms with E-state index in [1.165, 1.54) is 10.9 Å². The molecule has 0 saturated carbocycles. The van der Waals surface area contributed by atoms with Gasteiger partial charge in [0.15, 0.2) is 29.4 Å². The number of hydrogen-bond donors (Lipinski definition) is 4. The fourth-order valence-electron chi connectivity index (χ4n) is 3.16. The highest BCUT2D eigenvalue weighted by Crippen LogP contribution is 2.44. The summed E-state index contributed by atoms with van der Waals surface area (Å²) in [7, 11) is 1.64. The smallest absolute Gasteiger partial charge is 0.233 e. The number of rotatable bonds is 6. The van der Waals surface area contributed by atoms with E-state index in [0.29, 0.717) is 11.3 Å². The average Bonchev–Trinajstić information content (AvgIpc) is 3.21. The van der Waals surface area contributed by atoms with E-state index in [9.17, 15) is 15.0 Å². The van der Waals surface area contributed by atoms with Crippen LogP contribution >= 0.6 is 0 Å². The van der Waals surface area contributed by atoms with Crippen LogP contribution in [0.3, 0.4) is 0 Å². The third kappa shape index (κ3) is 3.19. The lowest BCUT2D eigenvalue weighted by atomic mass is 9.89. The number of nitrogens with one attached hydrogen (secondary N) is 2. The number of amides is 1. The lowest BCUT2D eigenvalue weighted by molar-refractivity contribution is -0.134. The van der Waals surface area contributed by atoms with Gasteiger partial charge in [0.25, 0.3) is 0 Å². The molecule has 1 fully saturated rings. The van der Waals surface area contributed by atoms with Crippen LogP contribution in [-0.4, -0.2) is 67.7 Å². The van der Waals surface area contributed by atoms with Gasteiger partial charge < -0.3 is 20.3 Å². The molecule has 0 bridgehead atoms. The Morgan fingerprint density at radius 1 is 1.39 bits per heavy atom. The normalized spacial score (nSPS) is 24.1. The Balaban J connectivity index is 2.06. The summed E-state index contributed by atoms with van der Waals surface area (Å²) in [5.41, 5.74) is -0.780. The van der Waals surface area contributed by atoms with Gasteiger partial charge >= 0.3 is 0 Å². The second kappa shape index (κ2) is 7.57. The molecule has 0 unspecified atom stereocenters. The molecule has 3 rings (SSSR count). The molecule has 1 aliphatic heterocycles. The Bertz CT molecular complexity index is 869. The first-order chi connectivity index (χ1) is 13.3. The van der Waals surface area contributed by atoms with E-state index in [1.807, 2.05) is 0 Å². The van der Waals surface area contributed by atoms with Crippen LogP contribution in [0.5, 0.6) is 0 Å². The van der Waals surface area contributed by atoms with E-state index in [0.717, 1.165) is 0 Å². The fourth-order valence-corrected chi connectivity index (χ4v) is 3.16. The third-order valence-corrected chi connectivity index (χ3v) is 5.16. The molecule has 4 N–H and O–H groups in total. The monoisotopic (exact) mass is 396 g/mol. The Labute approximate surface area is 161 Å². The standard InChI is InChI=1S/C17H25FN6O4/c1-8(2)14(27)23-16-21-12(19-4)11-13(22-16)24(7-20-11)15-10(18)9(3)17(5-25,6-26)28-15/h7-10,15,25-26H,5-6H2,1-4H3,(H2,19,21,22,23,27)/t9-,10-,15+/m0/s1. The molecule has 10 nitrogen and oxygen atoms in total. The Kier molecular flexibility index (Phi) is 5.50. The zero-order valence-corrected chi connectivity index (χ0v) is 16.2. The number of aliphatic hydroxyl groups is 2. The molecule has 0 radical (unpaired) electrons. The third-order valence-electron chi connectivity index (χ3n) is 5.16. The fraction of sp³-hybridized carbons (Fsp3) is 0.647. The highest BCUT2D eigenvalue weighted by molar-refractivity contribution is 5.92. The van der Waals surface area contributed by atoms with Crippen molar-refractivity contribution >= 4 is 28.8 Å². The summed E-state index contributed by atoms with van der Waals surface area (Å²) >= 11 is 0. The largest absolute Gasteiger partial charge is 0.393 e. The number of aliphatic hydroxyl groups excluding tert-OH is 2. The predicted octanol–water partition coefficient (Wildman–Crippen LogP) is 0.689. The van der Waals surface area contributed by atoms with Gasteiger partial charge in [-0.1, -0.05) is 20.8 Å². The van der Waals surface area contributed by atoms with Crippen LogP contribution in [0, 0.1) is 11.8 Å². The van der Waals surface area contributed by atoms with Gasteiger partial charge in [0.1, 0.15) is 5.60 Å². The summed E-state index contributed by atoms with van der Waals surface area (Å²) in [6.45, 7) is 3.99. The highest BCUT2D eigenvalue weighted by atomic mass is 19.1. The summed E-state index contributed by atoms with van der Waals surface area (Å²) in [6, 6.07) is 0. The van der Waals surface area contributed by atoms with Crippen molar-refractivity contribution in [1.29, 1.82) is 0 Å². The number of halogens is 1. The van der Waals surface area contributed by atoms with E-state index in [1.54, 1.807) is 27.8 Å². The molecule has 2 aromatic rings. The summed E-state index contributed by atoms with van der Waals surface area (Å²) < 4.78 is 22.1. The van der Waals surface area contributed by atoms with Gasteiger partial charge in [0.05, 0.1) is 19.5 Å². The van der Waals surface area contributed by atoms with Crippen molar-refractivity contribution in [2.45, 2.75) is 38.8 Å². The predicted molar refractivity (Wildman–Crippen MR) is 99.4 cm³/mol. The number of aromatic nitrogens is 4. The zero-order chi connectivity index (χ0) is 20.6. The molecule has 0 aromatic carbocycles. The van der Waals surface area contributed by atoms with Gasteiger partial charge in [-0.15, -0.1) is 0 Å².